The number of fused-ring (bicyclic) bond motifs is 2. The van der Waals surface area contributed by atoms with Crippen molar-refractivity contribution < 1.29 is 13.2 Å². The molecule has 1 fully saturated rings. The Morgan fingerprint density at radius 1 is 0.964 bits per heavy atom. The minimum atomic E-state index is -4.33. The molecule has 1 saturated heterocycles. The molecule has 2 aliphatic rings. The Hall–Kier alpha value is -1.76. The van der Waals surface area contributed by atoms with Crippen LogP contribution >= 0.6 is 11.8 Å². The third-order valence-corrected chi connectivity index (χ3v) is 6.54. The van der Waals surface area contributed by atoms with Gasteiger partial charge in [-0.1, -0.05) is 36.0 Å². The molecule has 2 nitrogen and oxygen atoms in total. The zero-order valence-corrected chi connectivity index (χ0v) is 16.6. The highest BCUT2D eigenvalue weighted by Gasteiger charge is 2.32. The molecule has 0 saturated carbocycles. The number of rotatable bonds is 3. The molecule has 2 heterocycles. The second-order valence-electron chi connectivity index (χ2n) is 7.36. The lowest BCUT2D eigenvalue weighted by Gasteiger charge is -2.32. The monoisotopic (exact) mass is 404 g/mol. The Morgan fingerprint density at radius 3 is 2.43 bits per heavy atom. The number of nitrogens with zero attached hydrogens (tertiary/aromatic N) is 2. The zero-order chi connectivity index (χ0) is 19.7. The summed E-state index contributed by atoms with van der Waals surface area (Å²) in [4.78, 5) is 6.73. The lowest BCUT2D eigenvalue weighted by molar-refractivity contribution is -0.137. The molecule has 0 atom stereocenters. The fraction of sp³-hybridized carbons (Fsp3) is 0.364. The largest absolute Gasteiger partial charge is 0.416 e. The topological polar surface area (TPSA) is 6.48 Å². The molecule has 28 heavy (non-hydrogen) atoms. The number of hydrogen-bond acceptors (Lipinski definition) is 3. The third-order valence-electron chi connectivity index (χ3n) is 5.38. The van der Waals surface area contributed by atoms with Crippen molar-refractivity contribution in [3.8, 4) is 0 Å². The Morgan fingerprint density at radius 2 is 1.68 bits per heavy atom. The molecular weight excluding hydrogens is 381 g/mol. The number of hydrogen-bond donors (Lipinski definition) is 0. The standard InChI is InChI=1S/C22H23F3N2S/c1-26-11-13-27(14-12-26)10-4-6-17-18-5-2-3-7-20(18)28-21-9-8-16(15-19(17)21)22(23,24)25/h2-3,5-9,15H,4,10-14H2,1H3/b17-6-. The van der Waals surface area contributed by atoms with Crippen LogP contribution in [0.5, 0.6) is 0 Å². The summed E-state index contributed by atoms with van der Waals surface area (Å²) in [6.45, 7) is 5.14. The van der Waals surface area contributed by atoms with E-state index >= 15 is 0 Å². The van der Waals surface area contributed by atoms with E-state index in [1.807, 2.05) is 24.3 Å². The summed E-state index contributed by atoms with van der Waals surface area (Å²) < 4.78 is 39.8. The Bertz CT molecular complexity index is 884. The fourth-order valence-electron chi connectivity index (χ4n) is 3.73. The number of likely N-dealkylation sites (N-methyl/N-ethyl adjacent to an activating group) is 1. The van der Waals surface area contributed by atoms with Crippen molar-refractivity contribution in [3.63, 3.8) is 0 Å². The highest BCUT2D eigenvalue weighted by atomic mass is 32.2. The Labute approximate surface area is 168 Å². The van der Waals surface area contributed by atoms with Gasteiger partial charge in [-0.25, -0.2) is 0 Å². The van der Waals surface area contributed by atoms with Crippen molar-refractivity contribution in [2.45, 2.75) is 22.4 Å². The summed E-state index contributed by atoms with van der Waals surface area (Å²) in [5, 5.41) is 0. The van der Waals surface area contributed by atoms with Gasteiger partial charge in [-0.3, -0.25) is 0 Å². The number of halogens is 3. The van der Waals surface area contributed by atoms with Gasteiger partial charge in [0, 0.05) is 42.5 Å². The summed E-state index contributed by atoms with van der Waals surface area (Å²) in [6.07, 6.45) is -1.38. The molecule has 0 spiro atoms. The second-order valence-corrected chi connectivity index (χ2v) is 8.44. The van der Waals surface area contributed by atoms with Crippen molar-refractivity contribution in [3.05, 3.63) is 65.2 Å². The van der Waals surface area contributed by atoms with Crippen LogP contribution in [0, 0.1) is 0 Å². The van der Waals surface area contributed by atoms with Crippen LogP contribution in [0.1, 0.15) is 23.1 Å². The summed E-state index contributed by atoms with van der Waals surface area (Å²) in [6, 6.07) is 12.1. The average molecular weight is 405 g/mol. The molecule has 4 rings (SSSR count). The molecule has 148 valence electrons. The first-order chi connectivity index (χ1) is 13.4. The van der Waals surface area contributed by atoms with Crippen LogP contribution in [0.25, 0.3) is 5.57 Å². The Kier molecular flexibility index (Phi) is 5.54. The van der Waals surface area contributed by atoms with Gasteiger partial charge in [0.2, 0.25) is 0 Å². The average Bonchev–Trinajstić information content (AvgIpc) is 2.68. The highest BCUT2D eigenvalue weighted by Crippen LogP contribution is 2.47. The van der Waals surface area contributed by atoms with Gasteiger partial charge in [-0.05, 0) is 54.4 Å². The molecule has 0 amide bonds. The first-order valence-electron chi connectivity index (χ1n) is 9.52. The first kappa shape index (κ1) is 19.6. The number of alkyl halides is 3. The minimum Gasteiger partial charge on any atom is -0.304 e. The fourth-order valence-corrected chi connectivity index (χ4v) is 4.82. The first-order valence-corrected chi connectivity index (χ1v) is 10.3. The summed E-state index contributed by atoms with van der Waals surface area (Å²) in [7, 11) is 2.13. The van der Waals surface area contributed by atoms with Gasteiger partial charge >= 0.3 is 6.18 Å². The van der Waals surface area contributed by atoms with Crippen molar-refractivity contribution in [1.29, 1.82) is 0 Å². The van der Waals surface area contributed by atoms with Crippen LogP contribution < -0.4 is 0 Å². The summed E-state index contributed by atoms with van der Waals surface area (Å²) in [5.41, 5.74) is 2.05. The van der Waals surface area contributed by atoms with Gasteiger partial charge in [-0.2, -0.15) is 13.2 Å². The molecular formula is C22H23F3N2S. The van der Waals surface area contributed by atoms with Gasteiger partial charge < -0.3 is 9.80 Å². The van der Waals surface area contributed by atoms with E-state index < -0.39 is 11.7 Å². The van der Waals surface area contributed by atoms with Crippen LogP contribution in [-0.4, -0.2) is 49.6 Å². The van der Waals surface area contributed by atoms with E-state index in [0.29, 0.717) is 5.56 Å². The molecule has 2 aliphatic heterocycles. The summed E-state index contributed by atoms with van der Waals surface area (Å²) >= 11 is 1.54. The van der Waals surface area contributed by atoms with E-state index in [9.17, 15) is 13.2 Å². The Balaban J connectivity index is 1.63. The maximum absolute atomic E-state index is 13.3. The minimum absolute atomic E-state index is 0.587. The molecule has 0 N–H and O–H groups in total. The van der Waals surface area contributed by atoms with E-state index in [1.54, 1.807) is 17.8 Å². The second kappa shape index (κ2) is 7.93. The zero-order valence-electron chi connectivity index (χ0n) is 15.8. The highest BCUT2D eigenvalue weighted by molar-refractivity contribution is 7.99. The molecule has 0 aromatic heterocycles. The van der Waals surface area contributed by atoms with Crippen molar-refractivity contribution in [2.24, 2.45) is 0 Å². The number of piperazine rings is 1. The van der Waals surface area contributed by atoms with Crippen molar-refractivity contribution in [2.75, 3.05) is 39.8 Å². The lowest BCUT2D eigenvalue weighted by atomic mass is 9.94. The normalized spacial score (nSPS) is 19.5. The van der Waals surface area contributed by atoms with Crippen molar-refractivity contribution >= 4 is 17.3 Å². The summed E-state index contributed by atoms with van der Waals surface area (Å²) in [5.74, 6) is 0. The third kappa shape index (κ3) is 4.14. The van der Waals surface area contributed by atoms with Gasteiger partial charge in [0.1, 0.15) is 0 Å². The predicted octanol–water partition coefficient (Wildman–Crippen LogP) is 5.24. The van der Waals surface area contributed by atoms with Crippen LogP contribution in [0.3, 0.4) is 0 Å². The van der Waals surface area contributed by atoms with Crippen LogP contribution in [0.2, 0.25) is 0 Å². The van der Waals surface area contributed by atoms with Gasteiger partial charge in [0.05, 0.1) is 5.56 Å². The van der Waals surface area contributed by atoms with Gasteiger partial charge in [0.25, 0.3) is 0 Å². The molecule has 0 bridgehead atoms. The van der Waals surface area contributed by atoms with Crippen LogP contribution in [0.4, 0.5) is 13.2 Å². The smallest absolute Gasteiger partial charge is 0.304 e. The molecule has 2 aromatic rings. The lowest BCUT2D eigenvalue weighted by Crippen LogP contribution is -2.44. The SMILES string of the molecule is CN1CCN(CC/C=C2/c3ccccc3Sc3ccc(C(F)(F)F)cc32)CC1. The molecule has 6 heteroatoms. The van der Waals surface area contributed by atoms with E-state index in [-0.39, 0.29) is 0 Å². The number of benzene rings is 2. The molecule has 0 radical (unpaired) electrons. The maximum atomic E-state index is 13.3. The predicted molar refractivity (Wildman–Crippen MR) is 108 cm³/mol. The van der Waals surface area contributed by atoms with E-state index in [0.717, 1.165) is 60.1 Å². The van der Waals surface area contributed by atoms with E-state index in [1.165, 1.54) is 12.1 Å². The van der Waals surface area contributed by atoms with Gasteiger partial charge in [-0.15, -0.1) is 0 Å². The quantitative estimate of drug-likeness (QED) is 0.590. The van der Waals surface area contributed by atoms with Crippen LogP contribution in [-0.2, 0) is 6.18 Å². The van der Waals surface area contributed by atoms with Crippen molar-refractivity contribution in [1.82, 2.24) is 9.80 Å². The van der Waals surface area contributed by atoms with E-state index in [2.05, 4.69) is 22.9 Å². The molecule has 0 aliphatic carbocycles. The molecule has 2 aromatic carbocycles. The van der Waals surface area contributed by atoms with Crippen LogP contribution in [0.15, 0.2) is 58.3 Å². The molecule has 0 unspecified atom stereocenters. The van der Waals surface area contributed by atoms with E-state index in [4.69, 9.17) is 0 Å². The maximum Gasteiger partial charge on any atom is 0.416 e. The van der Waals surface area contributed by atoms with Gasteiger partial charge in [0.15, 0.2) is 0 Å².